The van der Waals surface area contributed by atoms with Gasteiger partial charge >= 0.3 is 5.82 Å². The molecule has 0 fully saturated rings. The lowest BCUT2D eigenvalue weighted by Crippen LogP contribution is -2.52. The Morgan fingerprint density at radius 1 is 1.11 bits per heavy atom. The summed E-state index contributed by atoms with van der Waals surface area (Å²) < 4.78 is 28.0. The highest BCUT2D eigenvalue weighted by atomic mass is 15.5. The average Bonchev–Trinajstić information content (AvgIpc) is 3.02. The second-order valence-corrected chi connectivity index (χ2v) is 8.96. The zero-order valence-corrected chi connectivity index (χ0v) is 18.0. The van der Waals surface area contributed by atoms with E-state index in [1.54, 1.807) is 12.1 Å². The van der Waals surface area contributed by atoms with Crippen LogP contribution < -0.4 is 4.68 Å². The van der Waals surface area contributed by atoms with Crippen LogP contribution in [0.2, 0.25) is 0 Å². The number of hydrogen-bond donors (Lipinski definition) is 0. The molecule has 0 aliphatic carbocycles. The molecule has 1 aliphatic rings. The summed E-state index contributed by atoms with van der Waals surface area (Å²) in [5.74, 6) is 1.81. The average molecular weight is 378 g/mol. The van der Waals surface area contributed by atoms with Crippen molar-refractivity contribution in [1.82, 2.24) is 9.67 Å². The van der Waals surface area contributed by atoms with Crippen LogP contribution in [0.5, 0.6) is 0 Å². The highest BCUT2D eigenvalue weighted by molar-refractivity contribution is 5.59. The van der Waals surface area contributed by atoms with Gasteiger partial charge < -0.3 is 0 Å². The van der Waals surface area contributed by atoms with E-state index >= 15 is 0 Å². The van der Waals surface area contributed by atoms with Gasteiger partial charge in [-0.1, -0.05) is 45.0 Å². The molecule has 2 aromatic carbocycles. The number of para-hydroxylation sites is 1. The van der Waals surface area contributed by atoms with Crippen LogP contribution in [0.15, 0.2) is 36.4 Å². The summed E-state index contributed by atoms with van der Waals surface area (Å²) in [7, 11) is 2.02. The molecule has 0 spiro atoms. The predicted octanol–water partition coefficient (Wildman–Crippen LogP) is 5.25. The quantitative estimate of drug-likeness (QED) is 0.559. The first-order chi connectivity index (χ1) is 14.3. The minimum Gasteiger partial charge on any atom is -0.147 e. The lowest BCUT2D eigenvalue weighted by molar-refractivity contribution is -0.736. The molecule has 146 valence electrons. The summed E-state index contributed by atoms with van der Waals surface area (Å²) >= 11 is 0. The van der Waals surface area contributed by atoms with Crippen molar-refractivity contribution < 1.29 is 8.79 Å². The van der Waals surface area contributed by atoms with Gasteiger partial charge in [0.15, 0.2) is 0 Å². The Labute approximate surface area is 173 Å². The first-order valence-electron chi connectivity index (χ1n) is 11.6. The molecule has 0 saturated carbocycles. The van der Waals surface area contributed by atoms with Gasteiger partial charge in [-0.25, -0.2) is 0 Å². The SMILES string of the molecule is [2H]C([2H])([2H])c1cc(C)cc(-c2nc3n([n+]2C)-c2c(C)cccc2C(C)(C)C3(C)CC)c1. The lowest BCUT2D eigenvalue weighted by atomic mass is 9.59. The maximum atomic E-state index is 7.88. The highest BCUT2D eigenvalue weighted by Gasteiger charge is 2.54. The predicted molar refractivity (Wildman–Crippen MR) is 115 cm³/mol. The van der Waals surface area contributed by atoms with E-state index in [1.807, 2.05) is 20.0 Å². The van der Waals surface area contributed by atoms with Gasteiger partial charge in [0.05, 0.1) is 16.7 Å². The molecule has 3 heteroatoms. The fourth-order valence-corrected chi connectivity index (χ4v) is 4.85. The zero-order valence-electron chi connectivity index (χ0n) is 21.0. The van der Waals surface area contributed by atoms with Gasteiger partial charge in [0.25, 0.3) is 5.82 Å². The molecular formula is C25H32N3+. The van der Waals surface area contributed by atoms with Crippen LogP contribution in [0.1, 0.15) is 66.3 Å². The molecule has 0 bridgehead atoms. The number of nitrogens with zero attached hydrogens (tertiary/aromatic N) is 3. The fourth-order valence-electron chi connectivity index (χ4n) is 4.85. The second kappa shape index (κ2) is 6.04. The fraction of sp³-hybridized carbons (Fsp3) is 0.440. The standard InChI is InChI=1S/C25H32N3/c1-9-25(7)23-26-22(19-14-16(2)13-17(3)15-19)27(8)28(23)21-18(4)11-10-12-20(21)24(25,5)6/h10-15H,9H2,1-8H3/q+1/i2D3. The van der Waals surface area contributed by atoms with Crippen LogP contribution in [0.3, 0.4) is 0 Å². The van der Waals surface area contributed by atoms with Crippen LogP contribution >= 0.6 is 0 Å². The van der Waals surface area contributed by atoms with Crippen LogP contribution in [-0.2, 0) is 17.9 Å². The third-order valence-electron chi connectivity index (χ3n) is 7.06. The monoisotopic (exact) mass is 377 g/mol. The highest BCUT2D eigenvalue weighted by Crippen LogP contribution is 2.51. The first-order valence-corrected chi connectivity index (χ1v) is 10.1. The van der Waals surface area contributed by atoms with Crippen molar-refractivity contribution in [3.63, 3.8) is 0 Å². The Bertz CT molecular complexity index is 1190. The smallest absolute Gasteiger partial charge is 0.147 e. The first kappa shape index (κ1) is 15.5. The van der Waals surface area contributed by atoms with Gasteiger partial charge in [-0.15, -0.1) is 9.36 Å². The van der Waals surface area contributed by atoms with Crippen LogP contribution in [0.25, 0.3) is 17.1 Å². The van der Waals surface area contributed by atoms with Gasteiger partial charge in [0, 0.05) is 9.53 Å². The van der Waals surface area contributed by atoms with E-state index in [2.05, 4.69) is 62.2 Å². The Morgan fingerprint density at radius 2 is 1.82 bits per heavy atom. The van der Waals surface area contributed by atoms with E-state index in [9.17, 15) is 0 Å². The van der Waals surface area contributed by atoms with E-state index in [1.165, 1.54) is 16.8 Å². The van der Waals surface area contributed by atoms with Crippen molar-refractivity contribution in [2.75, 3.05) is 0 Å². The molecule has 1 atom stereocenters. The van der Waals surface area contributed by atoms with Gasteiger partial charge in [-0.3, -0.25) is 0 Å². The minimum absolute atomic E-state index is 0.106. The van der Waals surface area contributed by atoms with Gasteiger partial charge in [0.1, 0.15) is 7.05 Å². The molecule has 28 heavy (non-hydrogen) atoms. The molecular weight excluding hydrogens is 342 g/mol. The van der Waals surface area contributed by atoms with Gasteiger partial charge in [0.2, 0.25) is 0 Å². The van der Waals surface area contributed by atoms with Crippen molar-refractivity contribution in [2.45, 2.75) is 65.6 Å². The molecule has 3 nitrogen and oxygen atoms in total. The van der Waals surface area contributed by atoms with E-state index in [0.717, 1.165) is 29.2 Å². The van der Waals surface area contributed by atoms with Crippen molar-refractivity contribution in [2.24, 2.45) is 7.05 Å². The summed E-state index contributed by atoms with van der Waals surface area (Å²) in [5, 5.41) is 0. The molecule has 1 aliphatic heterocycles. The Hall–Kier alpha value is -2.42. The molecule has 0 amide bonds. The normalized spacial score (nSPS) is 22.0. The summed E-state index contributed by atoms with van der Waals surface area (Å²) in [6.45, 7) is 11.1. The Balaban J connectivity index is 2.07. The third-order valence-corrected chi connectivity index (χ3v) is 7.06. The summed E-state index contributed by atoms with van der Waals surface area (Å²) in [6, 6.07) is 12.0. The number of benzene rings is 2. The Morgan fingerprint density at radius 3 is 2.50 bits per heavy atom. The third kappa shape index (κ3) is 2.35. The van der Waals surface area contributed by atoms with Gasteiger partial charge in [-0.05, 0) is 73.4 Å². The maximum Gasteiger partial charge on any atom is 0.351 e. The number of aromatic nitrogens is 3. The molecule has 0 radical (unpaired) electrons. The van der Waals surface area contributed by atoms with Crippen LogP contribution in [-0.4, -0.2) is 9.67 Å². The van der Waals surface area contributed by atoms with E-state index in [0.29, 0.717) is 5.56 Å². The summed E-state index contributed by atoms with van der Waals surface area (Å²) in [6.07, 6.45) is 0.943. The summed E-state index contributed by atoms with van der Waals surface area (Å²) in [5.41, 5.74) is 5.52. The number of rotatable bonds is 2. The van der Waals surface area contributed by atoms with E-state index in [-0.39, 0.29) is 10.8 Å². The topological polar surface area (TPSA) is 21.7 Å². The van der Waals surface area contributed by atoms with E-state index in [4.69, 9.17) is 9.10 Å². The van der Waals surface area contributed by atoms with Crippen molar-refractivity contribution in [3.8, 4) is 17.1 Å². The molecule has 1 unspecified atom stereocenters. The maximum absolute atomic E-state index is 7.88. The number of aryl methyl sites for hydroxylation is 3. The van der Waals surface area contributed by atoms with Crippen molar-refractivity contribution in [3.05, 3.63) is 64.5 Å². The Kier molecular flexibility index (Phi) is 3.34. The van der Waals surface area contributed by atoms with Crippen molar-refractivity contribution in [1.29, 1.82) is 0 Å². The lowest BCUT2D eigenvalue weighted by Gasteiger charge is -2.45. The van der Waals surface area contributed by atoms with Crippen LogP contribution in [0.4, 0.5) is 0 Å². The number of hydrogen-bond acceptors (Lipinski definition) is 1. The molecule has 4 rings (SSSR count). The number of fused-ring (bicyclic) bond motifs is 3. The molecule has 2 heterocycles. The zero-order chi connectivity index (χ0) is 22.9. The molecule has 1 aromatic heterocycles. The summed E-state index contributed by atoms with van der Waals surface area (Å²) in [4.78, 5) is 5.19. The van der Waals surface area contributed by atoms with E-state index < -0.39 is 6.85 Å². The molecule has 0 saturated heterocycles. The second-order valence-electron chi connectivity index (χ2n) is 8.96. The largest absolute Gasteiger partial charge is 0.351 e. The van der Waals surface area contributed by atoms with Crippen molar-refractivity contribution >= 4 is 0 Å². The minimum atomic E-state index is -2.15. The molecule has 0 N–H and O–H groups in total. The molecule has 3 aromatic rings. The van der Waals surface area contributed by atoms with Crippen LogP contribution in [0, 0.1) is 20.7 Å². The van der Waals surface area contributed by atoms with Gasteiger partial charge in [-0.2, -0.15) is 0 Å².